The molecule has 9 nitrogen and oxygen atoms in total. The summed E-state index contributed by atoms with van der Waals surface area (Å²) in [5.41, 5.74) is 5.67. The molecule has 1 aromatic carbocycles. The second-order valence-electron chi connectivity index (χ2n) is 7.39. The maximum Gasteiger partial charge on any atom is 0.573 e. The minimum absolute atomic E-state index is 0.0922. The van der Waals surface area contributed by atoms with Crippen molar-refractivity contribution in [3.63, 3.8) is 0 Å². The van der Waals surface area contributed by atoms with Crippen molar-refractivity contribution in [2.75, 3.05) is 39.5 Å². The summed E-state index contributed by atoms with van der Waals surface area (Å²) < 4.78 is 50.9. The lowest BCUT2D eigenvalue weighted by Crippen LogP contribution is -2.36. The van der Waals surface area contributed by atoms with Crippen LogP contribution in [-0.2, 0) is 22.5 Å². The highest BCUT2D eigenvalue weighted by Gasteiger charge is 2.31. The number of halogens is 3. The van der Waals surface area contributed by atoms with Crippen LogP contribution in [0.1, 0.15) is 26.8 Å². The predicted octanol–water partition coefficient (Wildman–Crippen LogP) is 2.10. The van der Waals surface area contributed by atoms with Gasteiger partial charge in [0.15, 0.2) is 6.61 Å². The zero-order valence-corrected chi connectivity index (χ0v) is 19.0. The fourth-order valence-electron chi connectivity index (χ4n) is 3.24. The van der Waals surface area contributed by atoms with Gasteiger partial charge in [-0.3, -0.25) is 14.5 Å². The Balaban J connectivity index is 1.44. The molecule has 0 spiro atoms. The van der Waals surface area contributed by atoms with Crippen molar-refractivity contribution >= 4 is 23.2 Å². The molecule has 2 aromatic rings. The van der Waals surface area contributed by atoms with Gasteiger partial charge in [0, 0.05) is 18.0 Å². The highest BCUT2D eigenvalue weighted by atomic mass is 32.1. The number of hydrogen-bond acceptors (Lipinski definition) is 8. The Morgan fingerprint density at radius 3 is 2.50 bits per heavy atom. The molecule has 34 heavy (non-hydrogen) atoms. The van der Waals surface area contributed by atoms with Gasteiger partial charge in [-0.15, -0.1) is 24.5 Å². The second-order valence-corrected chi connectivity index (χ2v) is 8.55. The smallest absolute Gasteiger partial charge is 0.484 e. The van der Waals surface area contributed by atoms with Gasteiger partial charge in [-0.1, -0.05) is 0 Å². The van der Waals surface area contributed by atoms with Crippen LogP contribution in [0.3, 0.4) is 0 Å². The van der Waals surface area contributed by atoms with E-state index in [-0.39, 0.29) is 30.3 Å². The summed E-state index contributed by atoms with van der Waals surface area (Å²) in [7, 11) is 0. The fraction of sp³-hybridized carbons (Fsp3) is 0.476. The number of hydrogen-bond donors (Lipinski definition) is 2. The van der Waals surface area contributed by atoms with Gasteiger partial charge in [0.05, 0.1) is 19.8 Å². The number of carbonyl (C=O) groups excluding carboxylic acids is 2. The van der Waals surface area contributed by atoms with E-state index < -0.39 is 18.2 Å². The molecule has 0 saturated carbocycles. The Morgan fingerprint density at radius 1 is 1.18 bits per heavy atom. The third kappa shape index (κ3) is 8.47. The van der Waals surface area contributed by atoms with Crippen molar-refractivity contribution in [3.05, 3.63) is 39.8 Å². The molecule has 0 aliphatic carbocycles. The Kier molecular flexibility index (Phi) is 9.07. The number of morpholine rings is 1. The van der Waals surface area contributed by atoms with E-state index in [2.05, 4.69) is 19.9 Å². The molecule has 0 bridgehead atoms. The number of nitrogens with two attached hydrogens (primary N) is 1. The van der Waals surface area contributed by atoms with Crippen molar-refractivity contribution in [2.24, 2.45) is 5.73 Å². The number of aromatic nitrogens is 1. The molecule has 3 N–H and O–H groups in total. The van der Waals surface area contributed by atoms with E-state index in [1.165, 1.54) is 23.5 Å². The first-order valence-corrected chi connectivity index (χ1v) is 11.3. The summed E-state index contributed by atoms with van der Waals surface area (Å²) in [6.45, 7) is 3.84. The van der Waals surface area contributed by atoms with Crippen LogP contribution in [0.25, 0.3) is 0 Å². The first kappa shape index (κ1) is 25.7. The minimum Gasteiger partial charge on any atom is -0.484 e. The topological polar surface area (TPSA) is 116 Å². The molecule has 13 heteroatoms. The Morgan fingerprint density at radius 2 is 1.85 bits per heavy atom. The summed E-state index contributed by atoms with van der Waals surface area (Å²) in [4.78, 5) is 31.2. The summed E-state index contributed by atoms with van der Waals surface area (Å²) >= 11 is 1.32. The number of ether oxygens (including phenoxy) is 3. The van der Waals surface area contributed by atoms with Crippen molar-refractivity contribution in [1.82, 2.24) is 15.2 Å². The van der Waals surface area contributed by atoms with Crippen LogP contribution in [0, 0.1) is 0 Å². The van der Waals surface area contributed by atoms with E-state index >= 15 is 0 Å². The zero-order chi connectivity index (χ0) is 24.6. The van der Waals surface area contributed by atoms with Gasteiger partial charge in [0.2, 0.25) is 0 Å². The zero-order valence-electron chi connectivity index (χ0n) is 18.2. The molecule has 1 aliphatic rings. The molecule has 1 aromatic heterocycles. The SMILES string of the molecule is NC(=O)c1nc(CNC(=O)COc2ccc(OC(F)(F)F)cc2)sc1CCCN1CCOCC1. The monoisotopic (exact) mass is 502 g/mol. The minimum atomic E-state index is -4.78. The van der Waals surface area contributed by atoms with Gasteiger partial charge in [-0.2, -0.15) is 0 Å². The number of amides is 2. The van der Waals surface area contributed by atoms with Crippen LogP contribution in [0.5, 0.6) is 11.5 Å². The molecule has 0 unspecified atom stereocenters. The maximum absolute atomic E-state index is 12.2. The van der Waals surface area contributed by atoms with E-state index in [0.29, 0.717) is 11.4 Å². The molecular formula is C21H25F3N4O5S. The van der Waals surface area contributed by atoms with E-state index in [1.807, 2.05) is 0 Å². The van der Waals surface area contributed by atoms with Gasteiger partial charge in [-0.25, -0.2) is 4.98 Å². The van der Waals surface area contributed by atoms with Crippen LogP contribution in [0.4, 0.5) is 13.2 Å². The Bertz CT molecular complexity index is 962. The first-order valence-electron chi connectivity index (χ1n) is 10.5. The van der Waals surface area contributed by atoms with E-state index in [0.717, 1.165) is 56.3 Å². The van der Waals surface area contributed by atoms with Crippen LogP contribution in [-0.4, -0.2) is 67.5 Å². The molecule has 1 aliphatic heterocycles. The van der Waals surface area contributed by atoms with E-state index in [1.54, 1.807) is 0 Å². The average Bonchev–Trinajstić information content (AvgIpc) is 3.20. The number of benzene rings is 1. The molecule has 186 valence electrons. The van der Waals surface area contributed by atoms with Crippen molar-refractivity contribution in [2.45, 2.75) is 25.7 Å². The highest BCUT2D eigenvalue weighted by molar-refractivity contribution is 7.11. The number of carbonyl (C=O) groups is 2. The standard InChI is InChI=1S/C21H25F3N4O5S/c22-21(23,24)33-15-5-3-14(4-6-15)32-13-17(29)26-12-18-27-19(20(25)30)16(34-18)2-1-7-28-8-10-31-11-9-28/h3-6H,1-2,7-13H2,(H2,25,30)(H,26,29). The Hall–Kier alpha value is -2.90. The maximum atomic E-state index is 12.2. The average molecular weight is 503 g/mol. The Labute approximate surface area is 198 Å². The summed E-state index contributed by atoms with van der Waals surface area (Å²) in [6.07, 6.45) is -3.29. The first-order chi connectivity index (χ1) is 16.2. The fourth-order valence-corrected chi connectivity index (χ4v) is 4.29. The quantitative estimate of drug-likeness (QED) is 0.484. The number of primary amides is 1. The molecule has 2 heterocycles. The summed E-state index contributed by atoms with van der Waals surface area (Å²) in [5.74, 6) is -1.26. The lowest BCUT2D eigenvalue weighted by molar-refractivity contribution is -0.274. The number of alkyl halides is 3. The van der Waals surface area contributed by atoms with Crippen LogP contribution in [0.2, 0.25) is 0 Å². The molecule has 0 atom stereocenters. The molecule has 1 saturated heterocycles. The van der Waals surface area contributed by atoms with Gasteiger partial charge in [0.1, 0.15) is 22.2 Å². The number of nitrogens with zero attached hydrogens (tertiary/aromatic N) is 2. The number of thiazole rings is 1. The summed E-state index contributed by atoms with van der Waals surface area (Å²) in [5, 5.41) is 3.17. The highest BCUT2D eigenvalue weighted by Crippen LogP contribution is 2.25. The van der Waals surface area contributed by atoms with E-state index in [4.69, 9.17) is 15.2 Å². The predicted molar refractivity (Wildman–Crippen MR) is 117 cm³/mol. The van der Waals surface area contributed by atoms with Gasteiger partial charge < -0.3 is 25.3 Å². The normalized spacial score (nSPS) is 14.6. The third-order valence-corrected chi connectivity index (χ3v) is 5.94. The van der Waals surface area contributed by atoms with Crippen molar-refractivity contribution in [1.29, 1.82) is 0 Å². The molecule has 3 rings (SSSR count). The molecule has 1 fully saturated rings. The van der Waals surface area contributed by atoms with Crippen molar-refractivity contribution in [3.8, 4) is 11.5 Å². The summed E-state index contributed by atoms with van der Waals surface area (Å²) in [6, 6.07) is 4.69. The number of nitrogens with one attached hydrogen (secondary N) is 1. The number of rotatable bonds is 11. The van der Waals surface area contributed by atoms with Gasteiger partial charge in [-0.05, 0) is 43.7 Å². The number of aryl methyl sites for hydroxylation is 1. The van der Waals surface area contributed by atoms with Gasteiger partial charge >= 0.3 is 6.36 Å². The van der Waals surface area contributed by atoms with Crippen LogP contribution < -0.4 is 20.5 Å². The second kappa shape index (κ2) is 12.0. The lowest BCUT2D eigenvalue weighted by Gasteiger charge is -2.26. The largest absolute Gasteiger partial charge is 0.573 e. The van der Waals surface area contributed by atoms with Gasteiger partial charge in [0.25, 0.3) is 11.8 Å². The van der Waals surface area contributed by atoms with Crippen LogP contribution in [0.15, 0.2) is 24.3 Å². The lowest BCUT2D eigenvalue weighted by atomic mass is 10.2. The molecule has 2 amide bonds. The van der Waals surface area contributed by atoms with E-state index in [9.17, 15) is 22.8 Å². The van der Waals surface area contributed by atoms with Crippen molar-refractivity contribution < 1.29 is 37.0 Å². The third-order valence-electron chi connectivity index (χ3n) is 4.82. The molecule has 0 radical (unpaired) electrons. The van der Waals surface area contributed by atoms with Crippen LogP contribution >= 0.6 is 11.3 Å². The molecular weight excluding hydrogens is 477 g/mol.